The van der Waals surface area contributed by atoms with Gasteiger partial charge in [0.15, 0.2) is 0 Å². The Bertz CT molecular complexity index is 441. The van der Waals surface area contributed by atoms with Crippen LogP contribution in [0.2, 0.25) is 0 Å². The fourth-order valence-electron chi connectivity index (χ4n) is 1.37. The highest BCUT2D eigenvalue weighted by atomic mass is 32.2. The summed E-state index contributed by atoms with van der Waals surface area (Å²) in [5.41, 5.74) is 0. The quantitative estimate of drug-likeness (QED) is 0.621. The molecular weight excluding hydrogens is 316 g/mol. The van der Waals surface area contributed by atoms with Crippen LogP contribution in [0.1, 0.15) is 59.8 Å². The lowest BCUT2D eigenvalue weighted by atomic mass is 10.0. The summed E-state index contributed by atoms with van der Waals surface area (Å²) >= 11 is 0. The van der Waals surface area contributed by atoms with Crippen LogP contribution in [0.25, 0.3) is 0 Å². The average molecular weight is 347 g/mol. The summed E-state index contributed by atoms with van der Waals surface area (Å²) in [7, 11) is -7.46. The van der Waals surface area contributed by atoms with Crippen LogP contribution in [-0.4, -0.2) is 37.4 Å². The van der Waals surface area contributed by atoms with E-state index in [0.29, 0.717) is 24.7 Å². The molecule has 0 aromatic carbocycles. The monoisotopic (exact) mass is 346 g/mol. The van der Waals surface area contributed by atoms with Crippen LogP contribution in [0.4, 0.5) is 0 Å². The van der Waals surface area contributed by atoms with E-state index < -0.39 is 20.2 Å². The van der Waals surface area contributed by atoms with Gasteiger partial charge in [0.25, 0.3) is 20.2 Å². The van der Waals surface area contributed by atoms with E-state index in [9.17, 15) is 16.8 Å². The Kier molecular flexibility index (Phi) is 12.5. The molecule has 0 aromatic rings. The van der Waals surface area contributed by atoms with Gasteiger partial charge in [0.05, 0.1) is 11.5 Å². The molecule has 0 aliphatic carbocycles. The predicted molar refractivity (Wildman–Crippen MR) is 85.6 cm³/mol. The molecule has 0 bridgehead atoms. The Labute approximate surface area is 129 Å². The summed E-state index contributed by atoms with van der Waals surface area (Å²) in [6.07, 6.45) is 4.00. The van der Waals surface area contributed by atoms with Gasteiger partial charge < -0.3 is 0 Å². The minimum Gasteiger partial charge on any atom is -0.286 e. The summed E-state index contributed by atoms with van der Waals surface area (Å²) in [6, 6.07) is 0. The van der Waals surface area contributed by atoms with Crippen molar-refractivity contribution in [3.05, 3.63) is 0 Å². The highest BCUT2D eigenvalue weighted by Gasteiger charge is 2.07. The molecule has 21 heavy (non-hydrogen) atoms. The zero-order valence-electron chi connectivity index (χ0n) is 13.4. The molecule has 8 heteroatoms. The third-order valence-electron chi connectivity index (χ3n) is 3.36. The van der Waals surface area contributed by atoms with Crippen LogP contribution in [-0.2, 0) is 20.2 Å². The maximum absolute atomic E-state index is 10.3. The molecule has 0 spiro atoms. The fraction of sp³-hybridized carbons (Fsp3) is 1.00. The van der Waals surface area contributed by atoms with E-state index in [2.05, 4.69) is 13.8 Å². The molecule has 0 saturated carbocycles. The number of hydrogen-bond donors (Lipinski definition) is 2. The third-order valence-corrected chi connectivity index (χ3v) is 4.92. The molecule has 0 aliphatic heterocycles. The summed E-state index contributed by atoms with van der Waals surface area (Å²) in [6.45, 7) is 8.10. The van der Waals surface area contributed by atoms with Crippen LogP contribution in [0.5, 0.6) is 0 Å². The Hall–Kier alpha value is -0.180. The molecule has 6 nitrogen and oxygen atoms in total. The maximum atomic E-state index is 10.3. The molecule has 2 atom stereocenters. The standard InChI is InChI=1S/C7H16O3S.C6H14O3S/c1-3-7(2)5-4-6-11(8,9)10;1-3-6(2)4-5-10(7,8)9/h7H,3-6H2,1-2H3,(H,8,9,10);6H,3-5H2,1-2H3,(H,7,8,9). The van der Waals surface area contributed by atoms with E-state index in [4.69, 9.17) is 9.11 Å². The lowest BCUT2D eigenvalue weighted by Gasteiger charge is -2.05. The van der Waals surface area contributed by atoms with Gasteiger partial charge in [0, 0.05) is 0 Å². The second kappa shape index (κ2) is 11.4. The van der Waals surface area contributed by atoms with E-state index >= 15 is 0 Å². The highest BCUT2D eigenvalue weighted by Crippen LogP contribution is 2.09. The molecule has 130 valence electrons. The SMILES string of the molecule is CCC(C)CCCS(=O)(=O)O.CCC(C)CCS(=O)(=O)O. The first-order valence-electron chi connectivity index (χ1n) is 7.31. The summed E-state index contributed by atoms with van der Waals surface area (Å²) in [4.78, 5) is 0. The first-order valence-corrected chi connectivity index (χ1v) is 10.5. The van der Waals surface area contributed by atoms with Gasteiger partial charge in [-0.25, -0.2) is 0 Å². The van der Waals surface area contributed by atoms with Crippen LogP contribution < -0.4 is 0 Å². The average Bonchev–Trinajstić information content (AvgIpc) is 2.34. The summed E-state index contributed by atoms with van der Waals surface area (Å²) in [5, 5.41) is 0. The van der Waals surface area contributed by atoms with Crippen molar-refractivity contribution in [1.82, 2.24) is 0 Å². The molecule has 0 aromatic heterocycles. The van der Waals surface area contributed by atoms with Gasteiger partial charge in [-0.1, -0.05) is 40.5 Å². The predicted octanol–water partition coefficient (Wildman–Crippen LogP) is 3.01. The van der Waals surface area contributed by atoms with E-state index in [-0.39, 0.29) is 11.5 Å². The van der Waals surface area contributed by atoms with Crippen molar-refractivity contribution in [2.24, 2.45) is 11.8 Å². The third kappa shape index (κ3) is 22.2. The molecule has 2 N–H and O–H groups in total. The van der Waals surface area contributed by atoms with Gasteiger partial charge in [-0.2, -0.15) is 16.8 Å². The van der Waals surface area contributed by atoms with Gasteiger partial charge in [-0.15, -0.1) is 0 Å². The topological polar surface area (TPSA) is 109 Å². The fourth-order valence-corrected chi connectivity index (χ4v) is 2.60. The van der Waals surface area contributed by atoms with Crippen molar-refractivity contribution in [2.75, 3.05) is 11.5 Å². The smallest absolute Gasteiger partial charge is 0.264 e. The van der Waals surface area contributed by atoms with Crippen molar-refractivity contribution < 1.29 is 25.9 Å². The lowest BCUT2D eigenvalue weighted by Crippen LogP contribution is -2.07. The Morgan fingerprint density at radius 1 is 0.762 bits per heavy atom. The van der Waals surface area contributed by atoms with E-state index in [1.54, 1.807) is 0 Å². The highest BCUT2D eigenvalue weighted by molar-refractivity contribution is 7.86. The lowest BCUT2D eigenvalue weighted by molar-refractivity contribution is 0.465. The molecule has 0 rings (SSSR count). The maximum Gasteiger partial charge on any atom is 0.264 e. The summed E-state index contributed by atoms with van der Waals surface area (Å²) in [5.74, 6) is 0.720. The first-order chi connectivity index (χ1) is 9.41. The van der Waals surface area contributed by atoms with Crippen LogP contribution in [0.3, 0.4) is 0 Å². The normalized spacial score (nSPS) is 15.0. The minimum atomic E-state index is -3.73. The van der Waals surface area contributed by atoms with Crippen LogP contribution in [0.15, 0.2) is 0 Å². The molecule has 0 radical (unpaired) electrons. The second-order valence-electron chi connectivity index (χ2n) is 5.53. The zero-order chi connectivity index (χ0) is 17.1. The summed E-state index contributed by atoms with van der Waals surface area (Å²) < 4.78 is 57.6. The zero-order valence-corrected chi connectivity index (χ0v) is 15.1. The molecule has 0 heterocycles. The molecule has 0 amide bonds. The largest absolute Gasteiger partial charge is 0.286 e. The van der Waals surface area contributed by atoms with Crippen molar-refractivity contribution in [3.63, 3.8) is 0 Å². The van der Waals surface area contributed by atoms with Crippen molar-refractivity contribution in [2.45, 2.75) is 59.8 Å². The molecule has 0 saturated heterocycles. The van der Waals surface area contributed by atoms with Gasteiger partial charge >= 0.3 is 0 Å². The van der Waals surface area contributed by atoms with E-state index in [1.165, 1.54) is 0 Å². The van der Waals surface area contributed by atoms with Gasteiger partial charge in [0.2, 0.25) is 0 Å². The van der Waals surface area contributed by atoms with Gasteiger partial charge in [-0.05, 0) is 31.1 Å². The van der Waals surface area contributed by atoms with Gasteiger partial charge in [0.1, 0.15) is 0 Å². The molecule has 0 aliphatic rings. The second-order valence-corrected chi connectivity index (χ2v) is 8.67. The van der Waals surface area contributed by atoms with E-state index in [1.807, 2.05) is 13.8 Å². The number of rotatable bonds is 9. The Morgan fingerprint density at radius 3 is 1.48 bits per heavy atom. The molecular formula is C13H30O6S2. The molecule has 0 fully saturated rings. The van der Waals surface area contributed by atoms with Crippen molar-refractivity contribution in [1.29, 1.82) is 0 Å². The first kappa shape index (κ1) is 23.1. The Balaban J connectivity index is 0. The molecule has 2 unspecified atom stereocenters. The Morgan fingerprint density at radius 2 is 1.14 bits per heavy atom. The van der Waals surface area contributed by atoms with E-state index in [0.717, 1.165) is 19.3 Å². The van der Waals surface area contributed by atoms with Crippen molar-refractivity contribution in [3.8, 4) is 0 Å². The van der Waals surface area contributed by atoms with Crippen LogP contribution >= 0.6 is 0 Å². The van der Waals surface area contributed by atoms with Gasteiger partial charge in [-0.3, -0.25) is 9.11 Å². The van der Waals surface area contributed by atoms with Crippen LogP contribution in [0, 0.1) is 11.8 Å². The minimum absolute atomic E-state index is 0.0999. The number of hydrogen-bond acceptors (Lipinski definition) is 4. The van der Waals surface area contributed by atoms with Crippen molar-refractivity contribution >= 4 is 20.2 Å².